The van der Waals surface area contributed by atoms with E-state index in [1.165, 1.54) is 7.11 Å². The van der Waals surface area contributed by atoms with Crippen molar-refractivity contribution in [1.29, 1.82) is 0 Å². The molecule has 15 heavy (non-hydrogen) atoms. The van der Waals surface area contributed by atoms with Crippen molar-refractivity contribution < 1.29 is 14.3 Å². The molecule has 0 radical (unpaired) electrons. The number of carbonyl (C=O) groups excluding carboxylic acids is 1. The van der Waals surface area contributed by atoms with Crippen LogP contribution < -0.4 is 5.32 Å². The van der Waals surface area contributed by atoms with Gasteiger partial charge in [-0.15, -0.1) is 0 Å². The fourth-order valence-electron chi connectivity index (χ4n) is 0.933. The number of rotatable bonds is 9. The van der Waals surface area contributed by atoms with E-state index in [4.69, 9.17) is 4.74 Å². The highest BCUT2D eigenvalue weighted by atomic mass is 79.9. The van der Waals surface area contributed by atoms with Crippen molar-refractivity contribution in [3.8, 4) is 0 Å². The topological polar surface area (TPSA) is 47.6 Å². The van der Waals surface area contributed by atoms with Crippen LogP contribution in [0.25, 0.3) is 0 Å². The highest BCUT2D eigenvalue weighted by molar-refractivity contribution is 9.10. The van der Waals surface area contributed by atoms with Crippen LogP contribution in [0.3, 0.4) is 0 Å². The van der Waals surface area contributed by atoms with Crippen LogP contribution >= 0.6 is 15.9 Å². The first kappa shape index (κ1) is 14.9. The van der Waals surface area contributed by atoms with Gasteiger partial charge in [0.1, 0.15) is 4.83 Å². The Morgan fingerprint density at radius 3 is 2.80 bits per heavy atom. The Labute approximate surface area is 99.8 Å². The largest absolute Gasteiger partial charge is 0.468 e. The summed E-state index contributed by atoms with van der Waals surface area (Å²) in [6.45, 7) is 4.94. The number of ether oxygens (including phenoxy) is 2. The van der Waals surface area contributed by atoms with Gasteiger partial charge in [0, 0.05) is 19.7 Å². The molecule has 0 aromatic heterocycles. The zero-order chi connectivity index (χ0) is 11.5. The number of methoxy groups -OCH3 is 1. The van der Waals surface area contributed by atoms with Crippen LogP contribution in [0.2, 0.25) is 0 Å². The molecule has 0 rings (SSSR count). The molecule has 4 nitrogen and oxygen atoms in total. The minimum absolute atomic E-state index is 0.255. The third-order valence-electron chi connectivity index (χ3n) is 1.85. The molecule has 0 bridgehead atoms. The molecule has 0 aromatic carbocycles. The molecule has 0 saturated heterocycles. The van der Waals surface area contributed by atoms with Crippen LogP contribution in [-0.2, 0) is 14.3 Å². The number of esters is 1. The van der Waals surface area contributed by atoms with Crippen LogP contribution in [0.15, 0.2) is 0 Å². The Hall–Kier alpha value is -0.130. The van der Waals surface area contributed by atoms with Crippen molar-refractivity contribution in [2.75, 3.05) is 33.4 Å². The first-order chi connectivity index (χ1) is 7.22. The quantitative estimate of drug-likeness (QED) is 0.394. The van der Waals surface area contributed by atoms with Crippen molar-refractivity contribution in [2.24, 2.45) is 0 Å². The summed E-state index contributed by atoms with van der Waals surface area (Å²) >= 11 is 3.22. The molecule has 1 unspecified atom stereocenters. The van der Waals surface area contributed by atoms with E-state index >= 15 is 0 Å². The first-order valence-corrected chi connectivity index (χ1v) is 6.14. The Morgan fingerprint density at radius 2 is 2.20 bits per heavy atom. The molecule has 0 heterocycles. The summed E-state index contributed by atoms with van der Waals surface area (Å²) in [5, 5.41) is 3.10. The van der Waals surface area contributed by atoms with Gasteiger partial charge in [-0.05, 0) is 6.42 Å². The molecule has 0 aromatic rings. The maximum absolute atomic E-state index is 11.0. The number of hydrogen-bond donors (Lipinski definition) is 1. The van der Waals surface area contributed by atoms with Gasteiger partial charge >= 0.3 is 5.97 Å². The number of halogens is 1. The van der Waals surface area contributed by atoms with Crippen LogP contribution in [0.5, 0.6) is 0 Å². The third kappa shape index (κ3) is 8.84. The molecule has 0 saturated carbocycles. The van der Waals surface area contributed by atoms with Gasteiger partial charge < -0.3 is 14.8 Å². The van der Waals surface area contributed by atoms with Crippen molar-refractivity contribution in [2.45, 2.75) is 24.6 Å². The molecular formula is C10H20BrNO3. The van der Waals surface area contributed by atoms with E-state index in [1.54, 1.807) is 0 Å². The lowest BCUT2D eigenvalue weighted by molar-refractivity contribution is -0.139. The number of alkyl halides is 1. The molecule has 5 heteroatoms. The highest BCUT2D eigenvalue weighted by Gasteiger charge is 2.13. The fourth-order valence-corrected chi connectivity index (χ4v) is 1.35. The maximum Gasteiger partial charge on any atom is 0.320 e. The van der Waals surface area contributed by atoms with Crippen molar-refractivity contribution >= 4 is 21.9 Å². The maximum atomic E-state index is 11.0. The third-order valence-corrected chi connectivity index (χ3v) is 2.54. The summed E-state index contributed by atoms with van der Waals surface area (Å²) in [7, 11) is 1.38. The van der Waals surface area contributed by atoms with E-state index < -0.39 is 0 Å². The molecule has 1 atom stereocenters. The number of unbranched alkanes of at least 4 members (excludes halogenated alkanes) is 1. The zero-order valence-corrected chi connectivity index (χ0v) is 11.0. The van der Waals surface area contributed by atoms with Gasteiger partial charge in [-0.1, -0.05) is 29.3 Å². The normalized spacial score (nSPS) is 12.5. The fraction of sp³-hybridized carbons (Fsp3) is 0.900. The van der Waals surface area contributed by atoms with E-state index in [9.17, 15) is 4.79 Å². The smallest absolute Gasteiger partial charge is 0.320 e. The SMILES string of the molecule is CCCCOCCNCC(Br)C(=O)OC. The van der Waals surface area contributed by atoms with E-state index in [-0.39, 0.29) is 10.8 Å². The summed E-state index contributed by atoms with van der Waals surface area (Å²) < 4.78 is 9.91. The van der Waals surface area contributed by atoms with Crippen LogP contribution in [-0.4, -0.2) is 44.2 Å². The van der Waals surface area contributed by atoms with E-state index in [1.807, 2.05) is 0 Å². The monoisotopic (exact) mass is 281 g/mol. The Bertz CT molecular complexity index is 167. The van der Waals surface area contributed by atoms with Gasteiger partial charge in [-0.2, -0.15) is 0 Å². The summed E-state index contributed by atoms with van der Waals surface area (Å²) in [6.07, 6.45) is 2.25. The summed E-state index contributed by atoms with van der Waals surface area (Å²) in [5.74, 6) is -0.255. The average Bonchev–Trinajstić information content (AvgIpc) is 2.26. The highest BCUT2D eigenvalue weighted by Crippen LogP contribution is 1.99. The second-order valence-corrected chi connectivity index (χ2v) is 4.27. The molecule has 1 N–H and O–H groups in total. The van der Waals surface area contributed by atoms with Gasteiger partial charge in [0.05, 0.1) is 13.7 Å². The zero-order valence-electron chi connectivity index (χ0n) is 9.42. The average molecular weight is 282 g/mol. The molecule has 0 aliphatic carbocycles. The molecular weight excluding hydrogens is 262 g/mol. The molecule has 0 aliphatic rings. The lowest BCUT2D eigenvalue weighted by atomic mass is 10.4. The summed E-state index contributed by atoms with van der Waals surface area (Å²) in [6, 6.07) is 0. The van der Waals surface area contributed by atoms with Gasteiger partial charge in [-0.25, -0.2) is 0 Å². The van der Waals surface area contributed by atoms with Gasteiger partial charge in [0.2, 0.25) is 0 Å². The summed E-state index contributed by atoms with van der Waals surface area (Å²) in [4.78, 5) is 10.7. The van der Waals surface area contributed by atoms with Gasteiger partial charge in [0.25, 0.3) is 0 Å². The van der Waals surface area contributed by atoms with Crippen molar-refractivity contribution in [3.05, 3.63) is 0 Å². The second kappa shape index (κ2) is 10.4. The summed E-state index contributed by atoms with van der Waals surface area (Å²) in [5.41, 5.74) is 0. The second-order valence-electron chi connectivity index (χ2n) is 3.16. The van der Waals surface area contributed by atoms with Crippen LogP contribution in [0.4, 0.5) is 0 Å². The lowest BCUT2D eigenvalue weighted by Crippen LogP contribution is -2.31. The molecule has 0 aliphatic heterocycles. The minimum Gasteiger partial charge on any atom is -0.468 e. The standard InChI is InChI=1S/C10H20BrNO3/c1-3-4-6-15-7-5-12-8-9(11)10(13)14-2/h9,12H,3-8H2,1-2H3. The number of hydrogen-bond acceptors (Lipinski definition) is 4. The molecule has 0 spiro atoms. The number of nitrogens with one attached hydrogen (secondary N) is 1. The van der Waals surface area contributed by atoms with E-state index in [0.717, 1.165) is 26.0 Å². The predicted molar refractivity (Wildman–Crippen MR) is 63.3 cm³/mol. The number of carbonyl (C=O) groups is 1. The van der Waals surface area contributed by atoms with Gasteiger partial charge in [0.15, 0.2) is 0 Å². The minimum atomic E-state index is -0.279. The Kier molecular flexibility index (Phi) is 10.3. The van der Waals surface area contributed by atoms with Gasteiger partial charge in [-0.3, -0.25) is 4.79 Å². The molecule has 0 fully saturated rings. The predicted octanol–water partition coefficient (Wildman–Crippen LogP) is 1.33. The first-order valence-electron chi connectivity index (χ1n) is 5.22. The van der Waals surface area contributed by atoms with Crippen molar-refractivity contribution in [1.82, 2.24) is 5.32 Å². The van der Waals surface area contributed by atoms with Crippen LogP contribution in [0.1, 0.15) is 19.8 Å². The van der Waals surface area contributed by atoms with Crippen LogP contribution in [0, 0.1) is 0 Å². The Balaban J connectivity index is 3.20. The Morgan fingerprint density at radius 1 is 1.47 bits per heavy atom. The van der Waals surface area contributed by atoms with E-state index in [2.05, 4.69) is 32.9 Å². The van der Waals surface area contributed by atoms with E-state index in [0.29, 0.717) is 13.2 Å². The molecule has 90 valence electrons. The van der Waals surface area contributed by atoms with Crippen molar-refractivity contribution in [3.63, 3.8) is 0 Å². The lowest BCUT2D eigenvalue weighted by Gasteiger charge is -2.09. The molecule has 0 amide bonds.